The topological polar surface area (TPSA) is 60.9 Å². The maximum atomic E-state index is 12.6. The number of H-pyrrole nitrogens is 1. The minimum absolute atomic E-state index is 0.244. The standard InChI is InChI=1S/C16H18F3N3O/c17-16(18,19)12-3-1-10(2-4-12)15-11(9-21-22-15)8-20-13-5-6-14(23)7-13/h1-4,9,13-14,20,23H,5-8H2,(H,21,22)/t13-,14+/m0/s1. The molecule has 7 heteroatoms. The molecule has 0 unspecified atom stereocenters. The second-order valence-electron chi connectivity index (χ2n) is 5.89. The van der Waals surface area contributed by atoms with Gasteiger partial charge in [0.2, 0.25) is 0 Å². The first kappa shape index (κ1) is 16.0. The monoisotopic (exact) mass is 325 g/mol. The lowest BCUT2D eigenvalue weighted by molar-refractivity contribution is -0.137. The summed E-state index contributed by atoms with van der Waals surface area (Å²) in [5, 5.41) is 19.7. The third kappa shape index (κ3) is 3.73. The minimum Gasteiger partial charge on any atom is -0.393 e. The third-order valence-corrected chi connectivity index (χ3v) is 4.20. The average Bonchev–Trinajstić information content (AvgIpc) is 3.13. The molecule has 4 nitrogen and oxygen atoms in total. The third-order valence-electron chi connectivity index (χ3n) is 4.20. The van der Waals surface area contributed by atoms with Gasteiger partial charge in [0, 0.05) is 18.2 Å². The van der Waals surface area contributed by atoms with E-state index in [1.807, 2.05) is 0 Å². The number of nitrogens with one attached hydrogen (secondary N) is 2. The number of hydrogen-bond acceptors (Lipinski definition) is 3. The van der Waals surface area contributed by atoms with Crippen molar-refractivity contribution < 1.29 is 18.3 Å². The normalized spacial score (nSPS) is 21.7. The molecule has 1 aromatic heterocycles. The molecule has 0 radical (unpaired) electrons. The van der Waals surface area contributed by atoms with Crippen molar-refractivity contribution in [2.45, 2.75) is 44.1 Å². The van der Waals surface area contributed by atoms with Gasteiger partial charge in [-0.1, -0.05) is 12.1 Å². The summed E-state index contributed by atoms with van der Waals surface area (Å²) < 4.78 is 37.8. The number of alkyl halides is 3. The first-order valence-corrected chi connectivity index (χ1v) is 7.55. The fraction of sp³-hybridized carbons (Fsp3) is 0.438. The molecule has 1 saturated carbocycles. The molecule has 1 aliphatic rings. The van der Waals surface area contributed by atoms with Gasteiger partial charge in [-0.15, -0.1) is 0 Å². The molecule has 0 aliphatic heterocycles. The molecule has 0 spiro atoms. The number of nitrogens with zero attached hydrogens (tertiary/aromatic N) is 1. The number of rotatable bonds is 4. The number of hydrogen-bond donors (Lipinski definition) is 3. The largest absolute Gasteiger partial charge is 0.416 e. The Kier molecular flexibility index (Phi) is 4.41. The first-order valence-electron chi connectivity index (χ1n) is 7.55. The molecule has 0 bridgehead atoms. The van der Waals surface area contributed by atoms with Crippen LogP contribution in [0.4, 0.5) is 13.2 Å². The number of benzene rings is 1. The lowest BCUT2D eigenvalue weighted by atomic mass is 10.1. The average molecular weight is 325 g/mol. The van der Waals surface area contributed by atoms with Crippen LogP contribution in [0.15, 0.2) is 30.5 Å². The van der Waals surface area contributed by atoms with Crippen LogP contribution in [0.25, 0.3) is 11.3 Å². The highest BCUT2D eigenvalue weighted by molar-refractivity contribution is 5.63. The summed E-state index contributed by atoms with van der Waals surface area (Å²) in [7, 11) is 0. The molecule has 0 amide bonds. The second kappa shape index (κ2) is 6.33. The van der Waals surface area contributed by atoms with Crippen LogP contribution in [0, 0.1) is 0 Å². The Morgan fingerprint density at radius 2 is 1.96 bits per heavy atom. The predicted molar refractivity (Wildman–Crippen MR) is 79.5 cm³/mol. The molecule has 1 aromatic carbocycles. The zero-order valence-electron chi connectivity index (χ0n) is 12.4. The number of aliphatic hydroxyl groups is 1. The van der Waals surface area contributed by atoms with Crippen molar-refractivity contribution >= 4 is 0 Å². The highest BCUT2D eigenvalue weighted by atomic mass is 19.4. The van der Waals surface area contributed by atoms with Crippen molar-refractivity contribution in [1.82, 2.24) is 15.5 Å². The Balaban J connectivity index is 1.70. The van der Waals surface area contributed by atoms with E-state index < -0.39 is 11.7 Å². The molecule has 2 aromatic rings. The summed E-state index contributed by atoms with van der Waals surface area (Å²) >= 11 is 0. The van der Waals surface area contributed by atoms with Crippen LogP contribution < -0.4 is 5.32 Å². The van der Waals surface area contributed by atoms with Crippen LogP contribution in [0.2, 0.25) is 0 Å². The molecule has 23 heavy (non-hydrogen) atoms. The zero-order valence-corrected chi connectivity index (χ0v) is 12.4. The van der Waals surface area contributed by atoms with Gasteiger partial charge >= 0.3 is 6.18 Å². The number of aromatic amines is 1. The summed E-state index contributed by atoms with van der Waals surface area (Å²) in [5.41, 5.74) is 1.61. The van der Waals surface area contributed by atoms with Crippen molar-refractivity contribution in [2.24, 2.45) is 0 Å². The molecule has 3 rings (SSSR count). The Bertz CT molecular complexity index is 651. The van der Waals surface area contributed by atoms with Gasteiger partial charge in [-0.2, -0.15) is 18.3 Å². The number of aliphatic hydroxyl groups excluding tert-OH is 1. The summed E-state index contributed by atoms with van der Waals surface area (Å²) in [6.45, 7) is 0.560. The summed E-state index contributed by atoms with van der Waals surface area (Å²) in [4.78, 5) is 0. The summed E-state index contributed by atoms with van der Waals surface area (Å²) in [6, 6.07) is 5.29. The molecular formula is C16H18F3N3O. The van der Waals surface area contributed by atoms with E-state index in [0.717, 1.165) is 37.0 Å². The Labute approximate surface area is 131 Å². The fourth-order valence-corrected chi connectivity index (χ4v) is 2.92. The van der Waals surface area contributed by atoms with Gasteiger partial charge in [0.05, 0.1) is 23.6 Å². The van der Waals surface area contributed by atoms with E-state index in [4.69, 9.17) is 0 Å². The van der Waals surface area contributed by atoms with Crippen LogP contribution in [0.3, 0.4) is 0 Å². The predicted octanol–water partition coefficient (Wildman–Crippen LogP) is 3.10. The van der Waals surface area contributed by atoms with Crippen molar-refractivity contribution in [2.75, 3.05) is 0 Å². The minimum atomic E-state index is -4.33. The molecular weight excluding hydrogens is 307 g/mol. The lowest BCUT2D eigenvalue weighted by Gasteiger charge is -2.12. The van der Waals surface area contributed by atoms with Crippen LogP contribution in [-0.4, -0.2) is 27.4 Å². The van der Waals surface area contributed by atoms with E-state index >= 15 is 0 Å². The van der Waals surface area contributed by atoms with E-state index in [-0.39, 0.29) is 12.1 Å². The maximum absolute atomic E-state index is 12.6. The molecule has 3 N–H and O–H groups in total. The smallest absolute Gasteiger partial charge is 0.393 e. The Hall–Kier alpha value is -1.86. The fourth-order valence-electron chi connectivity index (χ4n) is 2.92. The van der Waals surface area contributed by atoms with E-state index in [0.29, 0.717) is 17.8 Å². The first-order chi connectivity index (χ1) is 10.9. The van der Waals surface area contributed by atoms with E-state index in [1.54, 1.807) is 6.20 Å². The molecule has 124 valence electrons. The molecule has 1 heterocycles. The van der Waals surface area contributed by atoms with E-state index in [9.17, 15) is 18.3 Å². The summed E-state index contributed by atoms with van der Waals surface area (Å²) in [6.07, 6.45) is -0.450. The second-order valence-corrected chi connectivity index (χ2v) is 5.89. The van der Waals surface area contributed by atoms with Crippen LogP contribution in [0.5, 0.6) is 0 Å². The Morgan fingerprint density at radius 1 is 1.22 bits per heavy atom. The summed E-state index contributed by atoms with van der Waals surface area (Å²) in [5.74, 6) is 0. The van der Waals surface area contributed by atoms with Crippen molar-refractivity contribution in [3.8, 4) is 11.3 Å². The molecule has 2 atom stereocenters. The molecule has 1 fully saturated rings. The van der Waals surface area contributed by atoms with Gasteiger partial charge in [-0.05, 0) is 37.0 Å². The van der Waals surface area contributed by atoms with Gasteiger partial charge < -0.3 is 10.4 Å². The van der Waals surface area contributed by atoms with Crippen molar-refractivity contribution in [3.63, 3.8) is 0 Å². The van der Waals surface area contributed by atoms with E-state index in [1.165, 1.54) is 12.1 Å². The lowest BCUT2D eigenvalue weighted by Crippen LogP contribution is -2.26. The molecule has 0 saturated heterocycles. The maximum Gasteiger partial charge on any atom is 0.416 e. The number of halogens is 3. The SMILES string of the molecule is O[C@@H]1CC[C@H](NCc2cn[nH]c2-c2ccc(C(F)(F)F)cc2)C1. The van der Waals surface area contributed by atoms with Gasteiger partial charge in [0.1, 0.15) is 0 Å². The highest BCUT2D eigenvalue weighted by Gasteiger charge is 2.30. The molecule has 1 aliphatic carbocycles. The Morgan fingerprint density at radius 3 is 2.57 bits per heavy atom. The quantitative estimate of drug-likeness (QED) is 0.809. The highest BCUT2D eigenvalue weighted by Crippen LogP contribution is 2.31. The van der Waals surface area contributed by atoms with Gasteiger partial charge in [0.25, 0.3) is 0 Å². The van der Waals surface area contributed by atoms with Gasteiger partial charge in [-0.25, -0.2) is 0 Å². The number of aromatic nitrogens is 2. The van der Waals surface area contributed by atoms with Crippen LogP contribution >= 0.6 is 0 Å². The van der Waals surface area contributed by atoms with Crippen molar-refractivity contribution in [3.05, 3.63) is 41.6 Å². The van der Waals surface area contributed by atoms with Crippen LogP contribution in [-0.2, 0) is 12.7 Å². The van der Waals surface area contributed by atoms with Crippen LogP contribution in [0.1, 0.15) is 30.4 Å². The van der Waals surface area contributed by atoms with Gasteiger partial charge in [0.15, 0.2) is 0 Å². The van der Waals surface area contributed by atoms with Crippen molar-refractivity contribution in [1.29, 1.82) is 0 Å². The van der Waals surface area contributed by atoms with E-state index in [2.05, 4.69) is 15.5 Å². The van der Waals surface area contributed by atoms with Gasteiger partial charge in [-0.3, -0.25) is 5.10 Å². The zero-order chi connectivity index (χ0) is 16.4.